The van der Waals surface area contributed by atoms with Crippen LogP contribution in [-0.4, -0.2) is 30.2 Å². The molecule has 0 spiro atoms. The first-order valence-electron chi connectivity index (χ1n) is 8.63. The Bertz CT molecular complexity index is 541. The fraction of sp³-hybridized carbons (Fsp3) is 0.526. The molecule has 1 N–H and O–H groups in total. The fourth-order valence-corrected chi connectivity index (χ4v) is 2.21. The SMILES string of the molecule is CC.CCCCC(=O)NC=O.CCc1ccc2c(c1)CN(C)C2=O. The first kappa shape index (κ1) is 21.8. The average molecular weight is 334 g/mol. The number of hydrogen-bond donors (Lipinski definition) is 1. The summed E-state index contributed by atoms with van der Waals surface area (Å²) in [6.07, 6.45) is 3.73. The zero-order valence-corrected chi connectivity index (χ0v) is 15.5. The summed E-state index contributed by atoms with van der Waals surface area (Å²) in [6, 6.07) is 6.12. The first-order valence-corrected chi connectivity index (χ1v) is 8.63. The Labute approximate surface area is 145 Å². The van der Waals surface area contributed by atoms with E-state index in [1.54, 1.807) is 4.90 Å². The lowest BCUT2D eigenvalue weighted by Crippen LogP contribution is -2.20. The molecule has 1 aromatic carbocycles. The third-order valence-corrected chi connectivity index (χ3v) is 3.54. The Hall–Kier alpha value is -2.17. The highest BCUT2D eigenvalue weighted by Gasteiger charge is 2.23. The molecule has 1 aromatic rings. The van der Waals surface area contributed by atoms with Crippen LogP contribution in [0.4, 0.5) is 0 Å². The molecule has 0 aromatic heterocycles. The minimum Gasteiger partial charge on any atom is -0.337 e. The molecule has 0 atom stereocenters. The highest BCUT2D eigenvalue weighted by atomic mass is 16.2. The van der Waals surface area contributed by atoms with Crippen LogP contribution in [0.3, 0.4) is 0 Å². The van der Waals surface area contributed by atoms with E-state index in [1.807, 2.05) is 40.0 Å². The van der Waals surface area contributed by atoms with Gasteiger partial charge in [-0.05, 0) is 30.0 Å². The zero-order valence-electron chi connectivity index (χ0n) is 15.5. The van der Waals surface area contributed by atoms with Crippen LogP contribution in [0.1, 0.15) is 68.4 Å². The standard InChI is InChI=1S/C11H13NO.C6H11NO2.C2H6/c1-3-8-4-5-10-9(6-8)7-12(2)11(10)13;1-2-3-4-6(9)7-5-8;1-2/h4-6H,3,7H2,1-2H3;5H,2-4H2,1H3,(H,7,8,9);1-2H3. The van der Waals surface area contributed by atoms with Gasteiger partial charge in [0.25, 0.3) is 5.91 Å². The second-order valence-electron chi connectivity index (χ2n) is 5.30. The van der Waals surface area contributed by atoms with Crippen molar-refractivity contribution in [3.05, 3.63) is 34.9 Å². The largest absolute Gasteiger partial charge is 0.337 e. The highest BCUT2D eigenvalue weighted by Crippen LogP contribution is 2.22. The number of unbranched alkanes of at least 4 members (excludes halogenated alkanes) is 1. The minimum atomic E-state index is -0.188. The lowest BCUT2D eigenvalue weighted by Gasteiger charge is -2.04. The van der Waals surface area contributed by atoms with Crippen molar-refractivity contribution in [1.29, 1.82) is 0 Å². The lowest BCUT2D eigenvalue weighted by atomic mass is 10.0. The number of nitrogens with one attached hydrogen (secondary N) is 1. The van der Waals surface area contributed by atoms with Gasteiger partial charge in [-0.25, -0.2) is 0 Å². The maximum Gasteiger partial charge on any atom is 0.254 e. The monoisotopic (exact) mass is 334 g/mol. The van der Waals surface area contributed by atoms with E-state index in [0.29, 0.717) is 12.8 Å². The van der Waals surface area contributed by atoms with E-state index in [1.165, 1.54) is 11.1 Å². The van der Waals surface area contributed by atoms with Crippen LogP contribution in [-0.2, 0) is 22.6 Å². The van der Waals surface area contributed by atoms with Gasteiger partial charge in [0.1, 0.15) is 0 Å². The topological polar surface area (TPSA) is 66.5 Å². The van der Waals surface area contributed by atoms with Crippen molar-refractivity contribution in [1.82, 2.24) is 10.2 Å². The van der Waals surface area contributed by atoms with Crippen molar-refractivity contribution < 1.29 is 14.4 Å². The summed E-state index contributed by atoms with van der Waals surface area (Å²) in [5.41, 5.74) is 3.36. The molecule has 0 saturated heterocycles. The van der Waals surface area contributed by atoms with E-state index < -0.39 is 0 Å². The fourth-order valence-electron chi connectivity index (χ4n) is 2.21. The molecule has 24 heavy (non-hydrogen) atoms. The predicted molar refractivity (Wildman–Crippen MR) is 96.7 cm³/mol. The van der Waals surface area contributed by atoms with E-state index >= 15 is 0 Å². The molecule has 0 unspecified atom stereocenters. The molecule has 1 aliphatic rings. The summed E-state index contributed by atoms with van der Waals surface area (Å²) < 4.78 is 0. The van der Waals surface area contributed by atoms with Crippen molar-refractivity contribution in [3.63, 3.8) is 0 Å². The van der Waals surface area contributed by atoms with Crippen LogP contribution in [0.25, 0.3) is 0 Å². The van der Waals surface area contributed by atoms with Crippen LogP contribution < -0.4 is 5.32 Å². The van der Waals surface area contributed by atoms with E-state index in [4.69, 9.17) is 0 Å². The molecule has 0 fully saturated rings. The smallest absolute Gasteiger partial charge is 0.254 e. The third-order valence-electron chi connectivity index (χ3n) is 3.54. The Balaban J connectivity index is 0.000000426. The van der Waals surface area contributed by atoms with Gasteiger partial charge in [0, 0.05) is 25.6 Å². The minimum absolute atomic E-state index is 0.151. The Morgan fingerprint density at radius 1 is 1.29 bits per heavy atom. The predicted octanol–water partition coefficient (Wildman–Crippen LogP) is 3.31. The number of nitrogens with zero attached hydrogens (tertiary/aromatic N) is 1. The molecular formula is C19H30N2O3. The van der Waals surface area contributed by atoms with Crippen LogP contribution in [0, 0.1) is 0 Å². The van der Waals surface area contributed by atoms with Crippen LogP contribution in [0.5, 0.6) is 0 Å². The normalized spacial score (nSPS) is 11.5. The summed E-state index contributed by atoms with van der Waals surface area (Å²) in [5.74, 6) is -0.0375. The first-order chi connectivity index (χ1) is 11.5. The lowest BCUT2D eigenvalue weighted by molar-refractivity contribution is -0.125. The van der Waals surface area contributed by atoms with Gasteiger partial charge >= 0.3 is 0 Å². The van der Waals surface area contributed by atoms with E-state index in [0.717, 1.165) is 31.4 Å². The molecular weight excluding hydrogens is 304 g/mol. The molecule has 0 radical (unpaired) electrons. The average Bonchev–Trinajstić information content (AvgIpc) is 2.89. The van der Waals surface area contributed by atoms with Crippen molar-refractivity contribution in [2.75, 3.05) is 7.05 Å². The van der Waals surface area contributed by atoms with Gasteiger partial charge in [-0.2, -0.15) is 0 Å². The van der Waals surface area contributed by atoms with E-state index in [2.05, 4.69) is 18.3 Å². The van der Waals surface area contributed by atoms with Gasteiger partial charge in [-0.3, -0.25) is 19.7 Å². The molecule has 134 valence electrons. The quantitative estimate of drug-likeness (QED) is 0.840. The van der Waals surface area contributed by atoms with Gasteiger partial charge in [0.15, 0.2) is 0 Å². The number of rotatable bonds is 5. The third kappa shape index (κ3) is 6.94. The van der Waals surface area contributed by atoms with Crippen LogP contribution >= 0.6 is 0 Å². The number of carbonyl (C=O) groups is 3. The maximum absolute atomic E-state index is 11.5. The second-order valence-corrected chi connectivity index (χ2v) is 5.30. The van der Waals surface area contributed by atoms with Gasteiger partial charge in [-0.15, -0.1) is 0 Å². The molecule has 5 nitrogen and oxygen atoms in total. The summed E-state index contributed by atoms with van der Waals surface area (Å²) >= 11 is 0. The molecule has 5 heteroatoms. The van der Waals surface area contributed by atoms with Gasteiger partial charge in [0.2, 0.25) is 12.3 Å². The van der Waals surface area contributed by atoms with E-state index in [9.17, 15) is 14.4 Å². The molecule has 0 bridgehead atoms. The number of aryl methyl sites for hydroxylation is 1. The van der Waals surface area contributed by atoms with Crippen molar-refractivity contribution in [2.45, 2.75) is 59.9 Å². The number of imide groups is 1. The van der Waals surface area contributed by atoms with Crippen LogP contribution in [0.2, 0.25) is 0 Å². The van der Waals surface area contributed by atoms with Crippen LogP contribution in [0.15, 0.2) is 18.2 Å². The van der Waals surface area contributed by atoms with Crippen molar-refractivity contribution >= 4 is 18.2 Å². The molecule has 0 saturated carbocycles. The van der Waals surface area contributed by atoms with Gasteiger partial charge < -0.3 is 4.90 Å². The zero-order chi connectivity index (χ0) is 18.5. The number of hydrogen-bond acceptors (Lipinski definition) is 3. The molecule has 1 heterocycles. The second kappa shape index (κ2) is 12.3. The Kier molecular flexibility index (Phi) is 11.2. The van der Waals surface area contributed by atoms with E-state index in [-0.39, 0.29) is 11.8 Å². The number of carbonyl (C=O) groups excluding carboxylic acids is 3. The summed E-state index contributed by atoms with van der Waals surface area (Å²) in [6.45, 7) is 8.89. The number of benzene rings is 1. The Morgan fingerprint density at radius 3 is 2.50 bits per heavy atom. The number of amides is 3. The summed E-state index contributed by atoms with van der Waals surface area (Å²) in [5, 5.41) is 2.06. The van der Waals surface area contributed by atoms with Gasteiger partial charge in [-0.1, -0.05) is 46.2 Å². The molecule has 1 aliphatic heterocycles. The highest BCUT2D eigenvalue weighted by molar-refractivity contribution is 5.98. The Morgan fingerprint density at radius 2 is 1.96 bits per heavy atom. The molecule has 3 amide bonds. The molecule has 0 aliphatic carbocycles. The summed E-state index contributed by atoms with van der Waals surface area (Å²) in [7, 11) is 1.84. The summed E-state index contributed by atoms with van der Waals surface area (Å²) in [4.78, 5) is 33.4. The van der Waals surface area contributed by atoms with Gasteiger partial charge in [0.05, 0.1) is 0 Å². The van der Waals surface area contributed by atoms with Crippen molar-refractivity contribution in [3.8, 4) is 0 Å². The number of fused-ring (bicyclic) bond motifs is 1. The molecule has 2 rings (SSSR count). The maximum atomic E-state index is 11.5. The van der Waals surface area contributed by atoms with Crippen molar-refractivity contribution in [2.24, 2.45) is 0 Å².